The van der Waals surface area contributed by atoms with E-state index in [0.29, 0.717) is 5.75 Å². The Morgan fingerprint density at radius 1 is 1.40 bits per heavy atom. The standard InChI is InChI=1S/C13H21N3O3S/c1-20(17,18)7-6-19-13-8-12(9-15-10-13)16-4-2-11(14)3-5-16/h8-11H,2-7,14H2,1H3. The van der Waals surface area contributed by atoms with Gasteiger partial charge >= 0.3 is 0 Å². The third-order valence-corrected chi connectivity index (χ3v) is 4.23. The molecule has 1 aliphatic rings. The molecule has 0 bridgehead atoms. The van der Waals surface area contributed by atoms with Crippen LogP contribution in [0.15, 0.2) is 18.5 Å². The molecule has 2 N–H and O–H groups in total. The summed E-state index contributed by atoms with van der Waals surface area (Å²) in [5, 5.41) is 0. The van der Waals surface area contributed by atoms with Gasteiger partial charge in [-0.05, 0) is 12.8 Å². The fourth-order valence-electron chi connectivity index (χ4n) is 2.13. The fraction of sp³-hybridized carbons (Fsp3) is 0.615. The van der Waals surface area contributed by atoms with E-state index in [-0.39, 0.29) is 18.4 Å². The molecule has 0 aliphatic carbocycles. The van der Waals surface area contributed by atoms with Gasteiger partial charge in [-0.2, -0.15) is 0 Å². The quantitative estimate of drug-likeness (QED) is 0.849. The maximum absolute atomic E-state index is 11.1. The molecule has 2 heterocycles. The average molecular weight is 299 g/mol. The summed E-state index contributed by atoms with van der Waals surface area (Å²) >= 11 is 0. The lowest BCUT2D eigenvalue weighted by Gasteiger charge is -2.31. The summed E-state index contributed by atoms with van der Waals surface area (Å²) in [6, 6.07) is 2.18. The van der Waals surface area contributed by atoms with Crippen molar-refractivity contribution < 1.29 is 13.2 Å². The Bertz CT molecular complexity index is 540. The molecule has 1 aromatic heterocycles. The number of nitrogens with two attached hydrogens (primary N) is 1. The van der Waals surface area contributed by atoms with Crippen LogP contribution in [-0.2, 0) is 9.84 Å². The Morgan fingerprint density at radius 2 is 2.10 bits per heavy atom. The number of hydrogen-bond acceptors (Lipinski definition) is 6. The highest BCUT2D eigenvalue weighted by molar-refractivity contribution is 7.90. The first-order valence-electron chi connectivity index (χ1n) is 6.70. The lowest BCUT2D eigenvalue weighted by molar-refractivity contribution is 0.339. The summed E-state index contributed by atoms with van der Waals surface area (Å²) < 4.78 is 27.5. The zero-order valence-electron chi connectivity index (χ0n) is 11.7. The fourth-order valence-corrected chi connectivity index (χ4v) is 2.51. The number of ether oxygens (including phenoxy) is 1. The molecule has 6 nitrogen and oxygen atoms in total. The minimum atomic E-state index is -3.00. The van der Waals surface area contributed by atoms with E-state index in [1.54, 1.807) is 12.4 Å². The Labute approximate surface area is 119 Å². The molecule has 1 aromatic rings. The number of aromatic nitrogens is 1. The molecule has 0 atom stereocenters. The third-order valence-electron chi connectivity index (χ3n) is 3.33. The van der Waals surface area contributed by atoms with Gasteiger partial charge in [-0.1, -0.05) is 0 Å². The van der Waals surface area contributed by atoms with Crippen LogP contribution < -0.4 is 15.4 Å². The number of pyridine rings is 1. The molecular weight excluding hydrogens is 278 g/mol. The normalized spacial score (nSPS) is 17.2. The Morgan fingerprint density at radius 3 is 2.75 bits per heavy atom. The molecule has 2 rings (SSSR count). The summed E-state index contributed by atoms with van der Waals surface area (Å²) in [6.45, 7) is 1.97. The van der Waals surface area contributed by atoms with Gasteiger partial charge in [0.05, 0.1) is 23.8 Å². The second kappa shape index (κ2) is 6.41. The van der Waals surface area contributed by atoms with Crippen LogP contribution in [0.1, 0.15) is 12.8 Å². The van der Waals surface area contributed by atoms with Gasteiger partial charge in [0, 0.05) is 31.5 Å². The van der Waals surface area contributed by atoms with E-state index < -0.39 is 9.84 Å². The minimum absolute atomic E-state index is 0.00972. The van der Waals surface area contributed by atoms with Crippen molar-refractivity contribution in [3.05, 3.63) is 18.5 Å². The van der Waals surface area contributed by atoms with E-state index in [4.69, 9.17) is 10.5 Å². The summed E-state index contributed by atoms with van der Waals surface area (Å²) in [5.41, 5.74) is 6.88. The SMILES string of the molecule is CS(=O)(=O)CCOc1cncc(N2CCC(N)CC2)c1. The molecule has 1 saturated heterocycles. The van der Waals surface area contributed by atoms with Gasteiger partial charge in [0.2, 0.25) is 0 Å². The van der Waals surface area contributed by atoms with Crippen LogP contribution in [0.3, 0.4) is 0 Å². The molecule has 0 saturated carbocycles. The number of rotatable bonds is 5. The first kappa shape index (κ1) is 15.1. The van der Waals surface area contributed by atoms with Crippen LogP contribution in [0.5, 0.6) is 5.75 Å². The maximum Gasteiger partial charge on any atom is 0.150 e. The molecule has 0 unspecified atom stereocenters. The van der Waals surface area contributed by atoms with Gasteiger partial charge in [0.25, 0.3) is 0 Å². The molecule has 1 fully saturated rings. The van der Waals surface area contributed by atoms with E-state index in [1.165, 1.54) is 6.26 Å². The number of piperidine rings is 1. The van der Waals surface area contributed by atoms with Crippen molar-refractivity contribution >= 4 is 15.5 Å². The molecule has 0 aromatic carbocycles. The van der Waals surface area contributed by atoms with Crippen molar-refractivity contribution in [2.24, 2.45) is 5.73 Å². The number of hydrogen-bond donors (Lipinski definition) is 1. The van der Waals surface area contributed by atoms with E-state index in [0.717, 1.165) is 31.6 Å². The summed E-state index contributed by atoms with van der Waals surface area (Å²) in [7, 11) is -3.00. The molecule has 7 heteroatoms. The van der Waals surface area contributed by atoms with Crippen molar-refractivity contribution in [1.82, 2.24) is 4.98 Å². The van der Waals surface area contributed by atoms with Gasteiger partial charge in [-0.25, -0.2) is 8.42 Å². The first-order valence-corrected chi connectivity index (χ1v) is 8.76. The zero-order chi connectivity index (χ0) is 14.6. The first-order chi connectivity index (χ1) is 9.44. The number of sulfone groups is 1. The molecule has 112 valence electrons. The molecule has 20 heavy (non-hydrogen) atoms. The minimum Gasteiger partial charge on any atom is -0.491 e. The van der Waals surface area contributed by atoms with E-state index in [1.807, 2.05) is 6.07 Å². The van der Waals surface area contributed by atoms with Crippen LogP contribution >= 0.6 is 0 Å². The van der Waals surface area contributed by atoms with Crippen LogP contribution in [0.25, 0.3) is 0 Å². The predicted octanol–water partition coefficient (Wildman–Crippen LogP) is 0.432. The second-order valence-corrected chi connectivity index (χ2v) is 7.44. The van der Waals surface area contributed by atoms with Gasteiger partial charge < -0.3 is 15.4 Å². The Balaban J connectivity index is 1.94. The summed E-state index contributed by atoms with van der Waals surface area (Å²) in [6.07, 6.45) is 6.53. The average Bonchev–Trinajstić information content (AvgIpc) is 2.38. The van der Waals surface area contributed by atoms with Gasteiger partial charge in [0.1, 0.15) is 12.4 Å². The Kier molecular flexibility index (Phi) is 4.82. The molecule has 0 spiro atoms. The van der Waals surface area contributed by atoms with Crippen LogP contribution in [0.4, 0.5) is 5.69 Å². The lowest BCUT2D eigenvalue weighted by atomic mass is 10.1. The van der Waals surface area contributed by atoms with Crippen molar-refractivity contribution in [1.29, 1.82) is 0 Å². The van der Waals surface area contributed by atoms with E-state index >= 15 is 0 Å². The smallest absolute Gasteiger partial charge is 0.150 e. The number of anilines is 1. The van der Waals surface area contributed by atoms with Crippen molar-refractivity contribution in [3.8, 4) is 5.75 Å². The Hall–Kier alpha value is -1.34. The highest BCUT2D eigenvalue weighted by Gasteiger charge is 2.17. The molecule has 0 amide bonds. The lowest BCUT2D eigenvalue weighted by Crippen LogP contribution is -2.39. The van der Waals surface area contributed by atoms with Crippen LogP contribution in [0.2, 0.25) is 0 Å². The van der Waals surface area contributed by atoms with Gasteiger partial charge in [-0.3, -0.25) is 4.98 Å². The largest absolute Gasteiger partial charge is 0.491 e. The van der Waals surface area contributed by atoms with E-state index in [2.05, 4.69) is 9.88 Å². The third kappa shape index (κ3) is 4.64. The van der Waals surface area contributed by atoms with Crippen LogP contribution in [-0.4, -0.2) is 51.1 Å². The highest BCUT2D eigenvalue weighted by atomic mass is 32.2. The van der Waals surface area contributed by atoms with Gasteiger partial charge in [-0.15, -0.1) is 0 Å². The van der Waals surface area contributed by atoms with Crippen molar-refractivity contribution in [2.45, 2.75) is 18.9 Å². The molecule has 0 radical (unpaired) electrons. The summed E-state index contributed by atoms with van der Waals surface area (Å²) in [4.78, 5) is 6.37. The van der Waals surface area contributed by atoms with Crippen LogP contribution in [0, 0.1) is 0 Å². The number of nitrogens with zero attached hydrogens (tertiary/aromatic N) is 2. The summed E-state index contributed by atoms with van der Waals surface area (Å²) in [5.74, 6) is 0.608. The molecule has 1 aliphatic heterocycles. The molecular formula is C13H21N3O3S. The highest BCUT2D eigenvalue weighted by Crippen LogP contribution is 2.22. The zero-order valence-corrected chi connectivity index (χ0v) is 12.5. The van der Waals surface area contributed by atoms with Crippen molar-refractivity contribution in [3.63, 3.8) is 0 Å². The predicted molar refractivity (Wildman–Crippen MR) is 78.9 cm³/mol. The van der Waals surface area contributed by atoms with Gasteiger partial charge in [0.15, 0.2) is 9.84 Å². The second-order valence-electron chi connectivity index (χ2n) is 5.18. The monoisotopic (exact) mass is 299 g/mol. The van der Waals surface area contributed by atoms with E-state index in [9.17, 15) is 8.42 Å². The maximum atomic E-state index is 11.1. The van der Waals surface area contributed by atoms with Crippen molar-refractivity contribution in [2.75, 3.05) is 36.6 Å². The topological polar surface area (TPSA) is 85.5 Å².